The first-order valence-electron chi connectivity index (χ1n) is 7.82. The number of carbonyl (C=O) groups is 1. The van der Waals surface area contributed by atoms with Crippen molar-refractivity contribution in [2.75, 3.05) is 10.6 Å². The zero-order valence-electron chi connectivity index (χ0n) is 13.9. The number of thiazole rings is 1. The van der Waals surface area contributed by atoms with Crippen LogP contribution in [-0.4, -0.2) is 16.1 Å². The molecule has 0 fully saturated rings. The summed E-state index contributed by atoms with van der Waals surface area (Å²) in [6.07, 6.45) is 0. The van der Waals surface area contributed by atoms with Crippen LogP contribution < -0.4 is 21.5 Å². The van der Waals surface area contributed by atoms with Gasteiger partial charge in [0.1, 0.15) is 0 Å². The summed E-state index contributed by atoms with van der Waals surface area (Å²) in [4.78, 5) is 16.4. The number of thiocarbonyl (C=S) groups is 1. The number of para-hydroxylation sites is 1. The molecule has 2 amide bonds. The molecule has 6 nitrogen and oxygen atoms in total. The molecule has 3 rings (SSSR count). The third kappa shape index (κ3) is 4.78. The smallest absolute Gasteiger partial charge is 0.331 e. The van der Waals surface area contributed by atoms with E-state index < -0.39 is 6.03 Å². The number of amides is 2. The number of rotatable bonds is 3. The number of carbonyl (C=O) groups excluding carboxylic acids is 1. The highest BCUT2D eigenvalue weighted by molar-refractivity contribution is 7.80. The largest absolute Gasteiger partial charge is 0.339 e. The molecule has 0 unspecified atom stereocenters. The normalized spacial score (nSPS) is 10.0. The highest BCUT2D eigenvalue weighted by Gasteiger charge is 2.08. The van der Waals surface area contributed by atoms with E-state index in [4.69, 9.17) is 12.2 Å². The second kappa shape index (κ2) is 8.41. The SMILES string of the molecule is Cc1ccccc1NC(=S)NNC(=O)Nc1nc(-c2ccccc2)cs1. The van der Waals surface area contributed by atoms with E-state index in [1.165, 1.54) is 11.3 Å². The number of benzene rings is 2. The van der Waals surface area contributed by atoms with Gasteiger partial charge in [-0.05, 0) is 30.8 Å². The minimum atomic E-state index is -0.451. The Labute approximate surface area is 160 Å². The number of aromatic nitrogens is 1. The van der Waals surface area contributed by atoms with Crippen LogP contribution in [0.2, 0.25) is 0 Å². The second-order valence-corrected chi connectivity index (χ2v) is 6.64. The summed E-state index contributed by atoms with van der Waals surface area (Å²) >= 11 is 6.52. The Balaban J connectivity index is 1.49. The lowest BCUT2D eigenvalue weighted by Crippen LogP contribution is -2.45. The molecule has 2 aromatic carbocycles. The van der Waals surface area contributed by atoms with Crippen LogP contribution in [0, 0.1) is 6.92 Å². The minimum Gasteiger partial charge on any atom is -0.331 e. The second-order valence-electron chi connectivity index (χ2n) is 5.38. The van der Waals surface area contributed by atoms with E-state index in [1.54, 1.807) is 0 Å². The van der Waals surface area contributed by atoms with E-state index in [2.05, 4.69) is 26.5 Å². The lowest BCUT2D eigenvalue weighted by molar-refractivity contribution is 0.250. The molecule has 0 atom stereocenters. The molecule has 132 valence electrons. The lowest BCUT2D eigenvalue weighted by Gasteiger charge is -2.13. The van der Waals surface area contributed by atoms with Crippen molar-refractivity contribution in [3.63, 3.8) is 0 Å². The molecule has 1 heterocycles. The Morgan fingerprint density at radius 3 is 2.50 bits per heavy atom. The fourth-order valence-electron chi connectivity index (χ4n) is 2.18. The molecule has 4 N–H and O–H groups in total. The van der Waals surface area contributed by atoms with Crippen LogP contribution in [0.25, 0.3) is 11.3 Å². The average Bonchev–Trinajstić information content (AvgIpc) is 3.11. The third-order valence-corrected chi connectivity index (χ3v) is 4.44. The van der Waals surface area contributed by atoms with Crippen LogP contribution >= 0.6 is 23.6 Å². The highest BCUT2D eigenvalue weighted by Crippen LogP contribution is 2.24. The van der Waals surface area contributed by atoms with Gasteiger partial charge in [-0.3, -0.25) is 10.7 Å². The van der Waals surface area contributed by atoms with Crippen molar-refractivity contribution in [2.45, 2.75) is 6.92 Å². The predicted molar refractivity (Wildman–Crippen MR) is 110 cm³/mol. The number of nitrogens with one attached hydrogen (secondary N) is 4. The van der Waals surface area contributed by atoms with Gasteiger partial charge < -0.3 is 5.32 Å². The van der Waals surface area contributed by atoms with Crippen molar-refractivity contribution in [1.82, 2.24) is 15.8 Å². The summed E-state index contributed by atoms with van der Waals surface area (Å²) in [7, 11) is 0. The number of aryl methyl sites for hydroxylation is 1. The fraction of sp³-hybridized carbons (Fsp3) is 0.0556. The van der Waals surface area contributed by atoms with Crippen molar-refractivity contribution in [3.8, 4) is 11.3 Å². The summed E-state index contributed by atoms with van der Waals surface area (Å²) in [5.74, 6) is 0. The lowest BCUT2D eigenvalue weighted by atomic mass is 10.2. The summed E-state index contributed by atoms with van der Waals surface area (Å²) < 4.78 is 0. The molecule has 0 aliphatic carbocycles. The maximum Gasteiger partial charge on any atom is 0.339 e. The first kappa shape index (κ1) is 17.8. The van der Waals surface area contributed by atoms with E-state index in [0.29, 0.717) is 10.2 Å². The van der Waals surface area contributed by atoms with Crippen LogP contribution in [0.5, 0.6) is 0 Å². The molecule has 0 radical (unpaired) electrons. The van der Waals surface area contributed by atoms with Crippen LogP contribution in [0.4, 0.5) is 15.6 Å². The first-order valence-corrected chi connectivity index (χ1v) is 9.11. The zero-order valence-corrected chi connectivity index (χ0v) is 15.6. The molecule has 3 aromatic rings. The standard InChI is InChI=1S/C18H17N5OS2/c1-12-7-5-6-10-14(12)19-17(25)23-22-16(24)21-18-20-15(11-26-18)13-8-3-2-4-9-13/h2-11H,1H3,(H2,19,23,25)(H2,20,21,22,24). The molecule has 8 heteroatoms. The van der Waals surface area contributed by atoms with Crippen LogP contribution in [0.15, 0.2) is 60.0 Å². The van der Waals surface area contributed by atoms with Gasteiger partial charge in [-0.15, -0.1) is 11.3 Å². The van der Waals surface area contributed by atoms with Gasteiger partial charge in [0, 0.05) is 16.6 Å². The van der Waals surface area contributed by atoms with Gasteiger partial charge in [-0.25, -0.2) is 15.2 Å². The molecule has 0 saturated carbocycles. The van der Waals surface area contributed by atoms with Crippen molar-refractivity contribution < 1.29 is 4.79 Å². The summed E-state index contributed by atoms with van der Waals surface area (Å²) in [5, 5.41) is 8.37. The Kier molecular flexibility index (Phi) is 5.77. The monoisotopic (exact) mass is 383 g/mol. The number of hydrogen-bond acceptors (Lipinski definition) is 4. The Hall–Kier alpha value is -2.97. The Morgan fingerprint density at radius 1 is 1.00 bits per heavy atom. The third-order valence-electron chi connectivity index (χ3n) is 3.48. The van der Waals surface area contributed by atoms with Crippen LogP contribution in [-0.2, 0) is 0 Å². The number of hydrogen-bond donors (Lipinski definition) is 4. The van der Waals surface area contributed by atoms with E-state index in [9.17, 15) is 4.79 Å². The molecule has 1 aromatic heterocycles. The van der Waals surface area contributed by atoms with Crippen LogP contribution in [0.3, 0.4) is 0 Å². The minimum absolute atomic E-state index is 0.290. The Bertz CT molecular complexity index is 911. The van der Waals surface area contributed by atoms with E-state index in [-0.39, 0.29) is 0 Å². The fourth-order valence-corrected chi connectivity index (χ4v) is 3.06. The van der Waals surface area contributed by atoms with Crippen molar-refractivity contribution >= 4 is 45.5 Å². The molecule has 0 saturated heterocycles. The summed E-state index contributed by atoms with van der Waals surface area (Å²) in [6.45, 7) is 1.97. The molecule has 0 aliphatic heterocycles. The summed E-state index contributed by atoms with van der Waals surface area (Å²) in [6, 6.07) is 17.1. The molecule has 26 heavy (non-hydrogen) atoms. The van der Waals surface area contributed by atoms with Crippen molar-refractivity contribution in [3.05, 3.63) is 65.5 Å². The van der Waals surface area contributed by atoms with E-state index >= 15 is 0 Å². The van der Waals surface area contributed by atoms with Crippen molar-refractivity contribution in [1.29, 1.82) is 0 Å². The Morgan fingerprint density at radius 2 is 1.73 bits per heavy atom. The van der Waals surface area contributed by atoms with Gasteiger partial charge in [-0.2, -0.15) is 0 Å². The maximum atomic E-state index is 12.0. The topological polar surface area (TPSA) is 78.1 Å². The number of nitrogens with zero attached hydrogens (tertiary/aromatic N) is 1. The van der Waals surface area contributed by atoms with Crippen LogP contribution in [0.1, 0.15) is 5.56 Å². The zero-order chi connectivity index (χ0) is 18.4. The predicted octanol–water partition coefficient (Wildman–Crippen LogP) is 4.14. The van der Waals surface area contributed by atoms with Gasteiger partial charge in [0.05, 0.1) is 5.69 Å². The summed E-state index contributed by atoms with van der Waals surface area (Å²) in [5.41, 5.74) is 8.88. The number of urea groups is 1. The number of anilines is 2. The number of hydrazine groups is 1. The van der Waals surface area contributed by atoms with Gasteiger partial charge >= 0.3 is 6.03 Å². The highest BCUT2D eigenvalue weighted by atomic mass is 32.1. The average molecular weight is 384 g/mol. The van der Waals surface area contributed by atoms with Gasteiger partial charge in [0.2, 0.25) is 0 Å². The van der Waals surface area contributed by atoms with E-state index in [0.717, 1.165) is 22.5 Å². The van der Waals surface area contributed by atoms with Crippen molar-refractivity contribution in [2.24, 2.45) is 0 Å². The molecular weight excluding hydrogens is 366 g/mol. The molecule has 0 bridgehead atoms. The van der Waals surface area contributed by atoms with Gasteiger partial charge in [0.15, 0.2) is 10.2 Å². The maximum absolute atomic E-state index is 12.0. The quantitative estimate of drug-likeness (QED) is 0.404. The van der Waals surface area contributed by atoms with Gasteiger partial charge in [0.25, 0.3) is 0 Å². The first-order chi connectivity index (χ1) is 12.6. The molecule has 0 spiro atoms. The van der Waals surface area contributed by atoms with Gasteiger partial charge in [-0.1, -0.05) is 48.5 Å². The molecular formula is C18H17N5OS2. The van der Waals surface area contributed by atoms with E-state index in [1.807, 2.05) is 66.9 Å². The molecule has 0 aliphatic rings.